The minimum absolute atomic E-state index is 0.0112. The molecule has 52 heavy (non-hydrogen) atoms. The van der Waals surface area contributed by atoms with Crippen molar-refractivity contribution in [3.63, 3.8) is 0 Å². The first-order chi connectivity index (χ1) is 24.0. The number of hydrogen-bond acceptors (Lipinski definition) is 11. The van der Waals surface area contributed by atoms with Gasteiger partial charge in [0.15, 0.2) is 0 Å². The summed E-state index contributed by atoms with van der Waals surface area (Å²) in [5.74, 6) is -2.12. The molecule has 3 aliphatic rings. The van der Waals surface area contributed by atoms with Crippen molar-refractivity contribution in [1.29, 1.82) is 0 Å². The third-order valence-corrected chi connectivity index (χ3v) is 10.9. The first kappa shape index (κ1) is 39.0. The lowest BCUT2D eigenvalue weighted by Gasteiger charge is -2.36. The van der Waals surface area contributed by atoms with Crippen molar-refractivity contribution in [2.45, 2.75) is 122 Å². The Hall–Kier alpha value is -4.25. The summed E-state index contributed by atoms with van der Waals surface area (Å²) in [6, 6.07) is 1.92. The number of nitrogens with zero attached hydrogens (tertiary/aromatic N) is 3. The molecule has 2 aromatic rings. The normalized spacial score (nSPS) is 24.5. The molecule has 4 amide bonds. The van der Waals surface area contributed by atoms with Gasteiger partial charge in [-0.2, -0.15) is 13.5 Å². The number of fused-ring (bicyclic) bond motifs is 1. The molecule has 2 heterocycles. The van der Waals surface area contributed by atoms with Crippen LogP contribution in [-0.4, -0.2) is 89.4 Å². The Morgan fingerprint density at radius 1 is 1.10 bits per heavy atom. The smallest absolute Gasteiger partial charge is 0.408 e. The maximum atomic E-state index is 14.6. The van der Waals surface area contributed by atoms with Crippen LogP contribution in [0.4, 0.5) is 4.79 Å². The highest BCUT2D eigenvalue weighted by atomic mass is 32.2. The van der Waals surface area contributed by atoms with E-state index in [-0.39, 0.29) is 30.7 Å². The number of ether oxygens (including phenoxy) is 2. The van der Waals surface area contributed by atoms with Gasteiger partial charge in [-0.05, 0) is 70.4 Å². The third kappa shape index (κ3) is 8.35. The molecule has 0 radical (unpaired) electrons. The fraction of sp³-hybridized carbons (Fsp3) is 0.657. The predicted molar refractivity (Wildman–Crippen MR) is 189 cm³/mol. The van der Waals surface area contributed by atoms with Crippen LogP contribution >= 0.6 is 0 Å². The number of likely N-dealkylation sites (tertiary alicyclic amines) is 1. The summed E-state index contributed by atoms with van der Waals surface area (Å²) in [4.78, 5) is 69.6. The number of nitrogens with one attached hydrogen (secondary N) is 3. The van der Waals surface area contributed by atoms with Crippen LogP contribution < -0.4 is 25.5 Å². The molecular formula is C35H50N6O10S. The largest absolute Gasteiger partial charge is 0.497 e. The summed E-state index contributed by atoms with van der Waals surface area (Å²) in [5, 5.41) is 10.2. The zero-order valence-corrected chi connectivity index (χ0v) is 32.0. The Labute approximate surface area is 303 Å². The highest BCUT2D eigenvalue weighted by Gasteiger charge is 2.62. The fourth-order valence-electron chi connectivity index (χ4n) is 6.66. The van der Waals surface area contributed by atoms with Crippen molar-refractivity contribution in [2.24, 2.45) is 11.3 Å². The Morgan fingerprint density at radius 3 is 2.33 bits per heavy atom. The molecule has 16 nitrogen and oxygen atoms in total. The molecule has 3 fully saturated rings. The van der Waals surface area contributed by atoms with Crippen molar-refractivity contribution in [3.05, 3.63) is 34.6 Å². The van der Waals surface area contributed by atoms with Gasteiger partial charge in [-0.3, -0.25) is 23.9 Å². The van der Waals surface area contributed by atoms with E-state index in [4.69, 9.17) is 13.7 Å². The number of aromatic nitrogens is 2. The second-order valence-corrected chi connectivity index (χ2v) is 17.6. The Morgan fingerprint density at radius 2 is 1.77 bits per heavy atom. The minimum atomic E-state index is -4.47. The van der Waals surface area contributed by atoms with Gasteiger partial charge >= 0.3 is 16.4 Å². The first-order valence-corrected chi connectivity index (χ1v) is 18.9. The number of benzene rings is 1. The highest BCUT2D eigenvalue weighted by molar-refractivity contribution is 7.85. The predicted octanol–water partition coefficient (Wildman–Crippen LogP) is 2.70. The molecule has 0 spiro atoms. The summed E-state index contributed by atoms with van der Waals surface area (Å²) in [6.45, 7) is 13.8. The molecule has 2 aliphatic carbocycles. The van der Waals surface area contributed by atoms with Crippen LogP contribution in [-0.2, 0) is 33.6 Å². The molecule has 3 N–H and O–H groups in total. The lowest BCUT2D eigenvalue weighted by atomic mass is 9.85. The lowest BCUT2D eigenvalue weighted by molar-refractivity contribution is -0.143. The van der Waals surface area contributed by atoms with Crippen molar-refractivity contribution in [1.82, 2.24) is 30.0 Å². The highest BCUT2D eigenvalue weighted by Crippen LogP contribution is 2.47. The van der Waals surface area contributed by atoms with Crippen LogP contribution in [0.5, 0.6) is 5.75 Å². The zero-order valence-electron chi connectivity index (χ0n) is 31.2. The maximum absolute atomic E-state index is 14.6. The van der Waals surface area contributed by atoms with E-state index in [1.807, 2.05) is 11.6 Å². The molecule has 17 heteroatoms. The van der Waals surface area contributed by atoms with Crippen molar-refractivity contribution >= 4 is 45.0 Å². The summed E-state index contributed by atoms with van der Waals surface area (Å²) in [6.07, 6.45) is 2.05. The van der Waals surface area contributed by atoms with E-state index in [9.17, 15) is 32.4 Å². The van der Waals surface area contributed by atoms with E-state index in [0.717, 1.165) is 6.20 Å². The van der Waals surface area contributed by atoms with Gasteiger partial charge in [0.05, 0.1) is 30.5 Å². The summed E-state index contributed by atoms with van der Waals surface area (Å²) in [5.41, 5.74) is -4.04. The average Bonchev–Trinajstić information content (AvgIpc) is 3.89. The van der Waals surface area contributed by atoms with Crippen molar-refractivity contribution < 1.29 is 41.3 Å². The molecular weight excluding hydrogens is 696 g/mol. The summed E-state index contributed by atoms with van der Waals surface area (Å²) >= 11 is 0. The van der Waals surface area contributed by atoms with E-state index >= 15 is 0 Å². The van der Waals surface area contributed by atoms with Crippen LogP contribution in [0.15, 0.2) is 29.2 Å². The number of methoxy groups -OCH3 is 1. The lowest BCUT2D eigenvalue weighted by Crippen LogP contribution is -2.60. The van der Waals surface area contributed by atoms with E-state index in [0.29, 0.717) is 35.9 Å². The van der Waals surface area contributed by atoms with Gasteiger partial charge in [-0.25, -0.2) is 13.7 Å². The van der Waals surface area contributed by atoms with E-state index in [1.165, 1.54) is 12.0 Å². The number of carbonyl (C=O) groups excluding carboxylic acids is 4. The summed E-state index contributed by atoms with van der Waals surface area (Å²) in [7, 11) is -2.99. The molecule has 1 aliphatic heterocycles. The minimum Gasteiger partial charge on any atom is -0.497 e. The molecule has 1 unspecified atom stereocenters. The second kappa shape index (κ2) is 13.6. The van der Waals surface area contributed by atoms with Gasteiger partial charge in [-0.15, -0.1) is 0 Å². The quantitative estimate of drug-likeness (QED) is 0.305. The molecule has 2 saturated carbocycles. The number of amides is 4. The van der Waals surface area contributed by atoms with E-state index < -0.39 is 74.4 Å². The van der Waals surface area contributed by atoms with Gasteiger partial charge < -0.3 is 25.0 Å². The van der Waals surface area contributed by atoms with Crippen LogP contribution in [0, 0.1) is 11.3 Å². The van der Waals surface area contributed by atoms with Crippen molar-refractivity contribution in [2.75, 3.05) is 13.7 Å². The molecule has 286 valence electrons. The Bertz CT molecular complexity index is 1930. The average molecular weight is 747 g/mol. The van der Waals surface area contributed by atoms with Gasteiger partial charge in [0.1, 0.15) is 29.0 Å². The van der Waals surface area contributed by atoms with E-state index in [2.05, 4.69) is 15.7 Å². The fourth-order valence-corrected chi connectivity index (χ4v) is 7.81. The number of carbonyl (C=O) groups is 4. The van der Waals surface area contributed by atoms with Crippen LogP contribution in [0.3, 0.4) is 0 Å². The molecule has 1 aromatic heterocycles. The zero-order chi connectivity index (χ0) is 38.6. The Balaban J connectivity index is 1.50. The van der Waals surface area contributed by atoms with Crippen LogP contribution in [0.2, 0.25) is 0 Å². The second-order valence-electron chi connectivity index (χ2n) is 16.4. The monoisotopic (exact) mass is 746 g/mol. The number of alkyl carbamates (subject to hydrolysis) is 1. The SMILES string of the molecule is CCC1C[C@]1(NC(=O)[C@@H]1C[C@@H](n2ncc(=O)c3ccc(OC)cc32)CN1C(=O)[C@@H](NC(=O)OC(C)(C)C)C(C)(C)C)C(=O)NS(=O)(=O)OC1(C)CC1. The van der Waals surface area contributed by atoms with Crippen LogP contribution in [0.25, 0.3) is 10.9 Å². The third-order valence-electron chi connectivity index (χ3n) is 9.83. The molecule has 0 bridgehead atoms. The Kier molecular flexibility index (Phi) is 10.2. The number of rotatable bonds is 11. The van der Waals surface area contributed by atoms with Crippen molar-refractivity contribution in [3.8, 4) is 5.75 Å². The van der Waals surface area contributed by atoms with Crippen LogP contribution in [0.1, 0.15) is 93.5 Å². The molecule has 5 atom stereocenters. The molecule has 5 rings (SSSR count). The topological polar surface area (TPSA) is 204 Å². The van der Waals surface area contributed by atoms with Gasteiger partial charge in [-0.1, -0.05) is 34.1 Å². The first-order valence-electron chi connectivity index (χ1n) is 17.5. The maximum Gasteiger partial charge on any atom is 0.408 e. The standard InChI is InChI=1S/C35H50N6O10S/c1-10-20-17-35(20,30(45)39-52(47,48)51-34(8)13-14-34)38-28(43)25-15-21(41-24-16-22(49-9)11-12-23(24)26(42)18-36-41)19-40(25)29(44)27(32(2,3)4)37-31(46)50-33(5,6)7/h11-12,16,18,20-21,25,27H,10,13-15,17,19H2,1-9H3,(H,37,46)(H,38,43)(H,39,45)/t20?,21-,25+,27-,35-/m1/s1. The molecule has 1 saturated heterocycles. The van der Waals surface area contributed by atoms with Gasteiger partial charge in [0.25, 0.3) is 5.91 Å². The van der Waals surface area contributed by atoms with Gasteiger partial charge in [0, 0.05) is 24.4 Å². The van der Waals surface area contributed by atoms with Gasteiger partial charge in [0.2, 0.25) is 17.2 Å². The molecule has 1 aromatic carbocycles. The van der Waals surface area contributed by atoms with E-state index in [1.54, 1.807) is 71.3 Å². The summed E-state index contributed by atoms with van der Waals surface area (Å²) < 4.78 is 45.1. The number of hydrogen-bond donors (Lipinski definition) is 3.